The van der Waals surface area contributed by atoms with E-state index >= 15 is 0 Å². The van der Waals surface area contributed by atoms with E-state index in [2.05, 4.69) is 10.3 Å². The number of halogens is 2. The lowest BCUT2D eigenvalue weighted by Crippen LogP contribution is -2.12. The summed E-state index contributed by atoms with van der Waals surface area (Å²) in [4.78, 5) is 26.5. The first-order valence-corrected chi connectivity index (χ1v) is 7.66. The molecule has 0 saturated heterocycles. The summed E-state index contributed by atoms with van der Waals surface area (Å²) in [6.45, 7) is 0. The molecule has 0 fully saturated rings. The van der Waals surface area contributed by atoms with Gasteiger partial charge < -0.3 is 9.73 Å². The maximum atomic E-state index is 12.2. The van der Waals surface area contributed by atoms with E-state index in [0.717, 1.165) is 0 Å². The first-order chi connectivity index (χ1) is 11.9. The van der Waals surface area contributed by atoms with Gasteiger partial charge in [0.15, 0.2) is 5.69 Å². The minimum absolute atomic E-state index is 0.0209. The maximum Gasteiger partial charge on any atom is 0.277 e. The zero-order valence-corrected chi connectivity index (χ0v) is 13.9. The monoisotopic (exact) mass is 377 g/mol. The second kappa shape index (κ2) is 6.92. The van der Waals surface area contributed by atoms with Crippen molar-refractivity contribution in [2.24, 2.45) is 0 Å². The number of aromatic nitrogens is 1. The molecule has 0 aliphatic heterocycles. The zero-order chi connectivity index (χ0) is 18.0. The van der Waals surface area contributed by atoms with Crippen LogP contribution in [0.5, 0.6) is 0 Å². The number of anilines is 1. The summed E-state index contributed by atoms with van der Waals surface area (Å²) in [5.74, 6) is -0.363. The number of carbonyl (C=O) groups is 1. The summed E-state index contributed by atoms with van der Waals surface area (Å²) in [6.07, 6.45) is 1.19. The molecule has 0 unspecified atom stereocenters. The van der Waals surface area contributed by atoms with Crippen LogP contribution in [0.1, 0.15) is 10.5 Å². The van der Waals surface area contributed by atoms with Crippen LogP contribution in [0.2, 0.25) is 10.0 Å². The second-order valence-electron chi connectivity index (χ2n) is 4.93. The Labute approximate surface area is 151 Å². The number of hydrogen-bond donors (Lipinski definition) is 1. The highest BCUT2D eigenvalue weighted by atomic mass is 35.5. The molecule has 126 valence electrons. The molecule has 3 aromatic rings. The number of carbonyl (C=O) groups excluding carboxylic acids is 1. The Balaban J connectivity index is 1.80. The Hall–Kier alpha value is -2.90. The zero-order valence-electron chi connectivity index (χ0n) is 12.4. The van der Waals surface area contributed by atoms with Gasteiger partial charge in [0, 0.05) is 23.4 Å². The molecule has 0 bridgehead atoms. The van der Waals surface area contributed by atoms with Gasteiger partial charge >= 0.3 is 0 Å². The summed E-state index contributed by atoms with van der Waals surface area (Å²) in [6, 6.07) is 10.4. The maximum absolute atomic E-state index is 12.2. The molecule has 0 spiro atoms. The number of benzene rings is 2. The van der Waals surface area contributed by atoms with Crippen LogP contribution >= 0.6 is 23.2 Å². The number of nitro benzene ring substituents is 1. The second-order valence-corrected chi connectivity index (χ2v) is 5.74. The Bertz CT molecular complexity index is 972. The molecule has 9 heteroatoms. The highest BCUT2D eigenvalue weighted by molar-refractivity contribution is 6.42. The molecule has 1 N–H and O–H groups in total. The van der Waals surface area contributed by atoms with Gasteiger partial charge in [-0.15, -0.1) is 0 Å². The molecule has 1 heterocycles. The van der Waals surface area contributed by atoms with E-state index in [1.165, 1.54) is 30.5 Å². The van der Waals surface area contributed by atoms with E-state index in [-0.39, 0.29) is 23.0 Å². The van der Waals surface area contributed by atoms with Crippen LogP contribution < -0.4 is 5.32 Å². The average Bonchev–Trinajstić information content (AvgIpc) is 3.08. The lowest BCUT2D eigenvalue weighted by molar-refractivity contribution is -0.384. The van der Waals surface area contributed by atoms with Crippen LogP contribution in [0.15, 0.2) is 53.1 Å². The summed E-state index contributed by atoms with van der Waals surface area (Å²) in [5, 5.41) is 14.0. The fourth-order valence-electron chi connectivity index (χ4n) is 2.03. The van der Waals surface area contributed by atoms with Gasteiger partial charge in [-0.2, -0.15) is 0 Å². The molecular formula is C16H9Cl2N3O4. The number of nitro groups is 1. The van der Waals surface area contributed by atoms with Crippen LogP contribution in [0.25, 0.3) is 11.5 Å². The molecule has 0 saturated carbocycles. The summed E-state index contributed by atoms with van der Waals surface area (Å²) in [5.41, 5.74) is 0.726. The van der Waals surface area contributed by atoms with Crippen molar-refractivity contribution in [2.45, 2.75) is 0 Å². The van der Waals surface area contributed by atoms with Crippen LogP contribution in [0.3, 0.4) is 0 Å². The first-order valence-electron chi connectivity index (χ1n) is 6.91. The summed E-state index contributed by atoms with van der Waals surface area (Å²) >= 11 is 11.8. The van der Waals surface area contributed by atoms with E-state index < -0.39 is 10.8 Å². The molecule has 2 aromatic carbocycles. The van der Waals surface area contributed by atoms with Crippen molar-refractivity contribution < 1.29 is 14.1 Å². The number of nitrogens with one attached hydrogen (secondary N) is 1. The highest BCUT2D eigenvalue weighted by Crippen LogP contribution is 2.28. The molecule has 25 heavy (non-hydrogen) atoms. The van der Waals surface area contributed by atoms with Gasteiger partial charge in [-0.25, -0.2) is 4.98 Å². The Morgan fingerprint density at radius 2 is 1.96 bits per heavy atom. The number of non-ortho nitro benzene ring substituents is 1. The normalized spacial score (nSPS) is 10.5. The predicted molar refractivity (Wildman–Crippen MR) is 93.0 cm³/mol. The fraction of sp³-hybridized carbons (Fsp3) is 0. The molecule has 0 atom stereocenters. The molecule has 1 amide bonds. The molecule has 0 aliphatic rings. The van der Waals surface area contributed by atoms with E-state index in [0.29, 0.717) is 15.6 Å². The molecular weight excluding hydrogens is 369 g/mol. The van der Waals surface area contributed by atoms with Crippen LogP contribution in [0.4, 0.5) is 11.4 Å². The quantitative estimate of drug-likeness (QED) is 0.519. The van der Waals surface area contributed by atoms with Crippen molar-refractivity contribution in [1.82, 2.24) is 4.98 Å². The minimum atomic E-state index is -0.560. The topological polar surface area (TPSA) is 98.3 Å². The van der Waals surface area contributed by atoms with E-state index in [1.54, 1.807) is 18.2 Å². The molecule has 0 radical (unpaired) electrons. The van der Waals surface area contributed by atoms with Gasteiger partial charge in [0.1, 0.15) is 6.26 Å². The van der Waals surface area contributed by atoms with Gasteiger partial charge in [0.05, 0.1) is 15.0 Å². The third kappa shape index (κ3) is 3.78. The number of rotatable bonds is 4. The highest BCUT2D eigenvalue weighted by Gasteiger charge is 2.15. The van der Waals surface area contributed by atoms with Crippen LogP contribution in [0, 0.1) is 10.1 Å². The van der Waals surface area contributed by atoms with Gasteiger partial charge in [-0.1, -0.05) is 29.3 Å². The molecule has 7 nitrogen and oxygen atoms in total. The fourth-order valence-corrected chi connectivity index (χ4v) is 2.33. The van der Waals surface area contributed by atoms with Crippen molar-refractivity contribution in [3.05, 3.63) is 74.6 Å². The van der Waals surface area contributed by atoms with Crippen molar-refractivity contribution in [1.29, 1.82) is 0 Å². The lowest BCUT2D eigenvalue weighted by Gasteiger charge is -2.02. The Morgan fingerprint density at radius 3 is 2.68 bits per heavy atom. The number of nitrogens with zero attached hydrogens (tertiary/aromatic N) is 2. The summed E-state index contributed by atoms with van der Waals surface area (Å²) in [7, 11) is 0. The van der Waals surface area contributed by atoms with Gasteiger partial charge in [0.25, 0.3) is 11.6 Å². The molecule has 3 rings (SSSR count). The van der Waals surface area contributed by atoms with Crippen molar-refractivity contribution >= 4 is 40.5 Å². The van der Waals surface area contributed by atoms with Crippen LogP contribution in [-0.2, 0) is 0 Å². The van der Waals surface area contributed by atoms with E-state index in [9.17, 15) is 14.9 Å². The lowest BCUT2D eigenvalue weighted by atomic mass is 10.2. The molecule has 0 aliphatic carbocycles. The van der Waals surface area contributed by atoms with Crippen molar-refractivity contribution in [2.75, 3.05) is 5.32 Å². The Morgan fingerprint density at radius 1 is 1.16 bits per heavy atom. The standard InChI is InChI=1S/C16H9Cl2N3O4/c17-12-5-4-9(6-13(12)18)16-20-14(8-25-16)15(22)19-10-2-1-3-11(7-10)21(23)24/h1-8H,(H,19,22). The Kier molecular flexibility index (Phi) is 4.69. The number of oxazole rings is 1. The van der Waals surface area contributed by atoms with Gasteiger partial charge in [-0.05, 0) is 24.3 Å². The predicted octanol–water partition coefficient (Wildman–Crippen LogP) is 4.81. The van der Waals surface area contributed by atoms with Crippen molar-refractivity contribution in [3.8, 4) is 11.5 Å². The minimum Gasteiger partial charge on any atom is -0.444 e. The third-order valence-electron chi connectivity index (χ3n) is 3.22. The van der Waals surface area contributed by atoms with Crippen LogP contribution in [-0.4, -0.2) is 15.8 Å². The SMILES string of the molecule is O=C(Nc1cccc([N+](=O)[O-])c1)c1coc(-c2ccc(Cl)c(Cl)c2)n1. The first kappa shape index (κ1) is 16.9. The average molecular weight is 378 g/mol. The molecule has 1 aromatic heterocycles. The third-order valence-corrected chi connectivity index (χ3v) is 3.96. The number of amides is 1. The van der Waals surface area contributed by atoms with E-state index in [4.69, 9.17) is 27.6 Å². The smallest absolute Gasteiger partial charge is 0.277 e. The largest absolute Gasteiger partial charge is 0.444 e. The van der Waals surface area contributed by atoms with E-state index in [1.807, 2.05) is 0 Å². The number of hydrogen-bond acceptors (Lipinski definition) is 5. The van der Waals surface area contributed by atoms with Gasteiger partial charge in [0.2, 0.25) is 5.89 Å². The van der Waals surface area contributed by atoms with Crippen molar-refractivity contribution in [3.63, 3.8) is 0 Å². The summed E-state index contributed by atoms with van der Waals surface area (Å²) < 4.78 is 5.28. The van der Waals surface area contributed by atoms with Gasteiger partial charge in [-0.3, -0.25) is 14.9 Å².